The maximum atomic E-state index is 9.05. The first-order chi connectivity index (χ1) is 45.3. The van der Waals surface area contributed by atoms with Crippen molar-refractivity contribution in [1.29, 1.82) is 0 Å². The van der Waals surface area contributed by atoms with Crippen molar-refractivity contribution in [1.82, 2.24) is 19.9 Å². The van der Waals surface area contributed by atoms with Crippen molar-refractivity contribution in [2.75, 3.05) is 0 Å². The van der Waals surface area contributed by atoms with Gasteiger partial charge in [0.1, 0.15) is 46.2 Å². The maximum absolute atomic E-state index is 9.05. The quantitative estimate of drug-likeness (QED) is 0.144. The van der Waals surface area contributed by atoms with Crippen LogP contribution in [0.4, 0.5) is 0 Å². The van der Waals surface area contributed by atoms with Crippen LogP contribution in [-0.4, -0.2) is 37.1 Å². The molecule has 0 spiro atoms. The van der Waals surface area contributed by atoms with Crippen molar-refractivity contribution in [3.05, 3.63) is 297 Å². The van der Waals surface area contributed by atoms with Crippen LogP contribution in [-0.2, 0) is 0 Å². The molecule has 18 aromatic rings. The van der Waals surface area contributed by atoms with Crippen molar-refractivity contribution in [3.63, 3.8) is 0 Å². The Morgan fingerprint density at radius 1 is 0.315 bits per heavy atom. The number of nitrogens with zero attached hydrogens (tertiary/aromatic N) is 4. The SMILES string of the molecule is Clc1ccc2oc3c(-c4cccc(-c5cccc6c5sc5ccccc56)c4)ncnc3c2c1.OB(O)c1cccc(-c2ccccc2)c1.c1ccc(-c2cccc(-c3ccc4oc5c(-c6cccc(-c7cccc8c7sc7ccccc78)c6)ncnc5c4c3)c2)cc1. The normalized spacial score (nSPS) is 11.4. The summed E-state index contributed by atoms with van der Waals surface area (Å²) in [5, 5.41) is 25.8. The van der Waals surface area contributed by atoms with Gasteiger partial charge in [0.15, 0.2) is 11.2 Å². The third kappa shape index (κ3) is 10.6. The number of hydrogen-bond acceptors (Lipinski definition) is 10. The van der Waals surface area contributed by atoms with Crippen LogP contribution in [0.5, 0.6) is 0 Å². The summed E-state index contributed by atoms with van der Waals surface area (Å²) >= 11 is 9.89. The lowest BCUT2D eigenvalue weighted by Gasteiger charge is -2.07. The Labute approximate surface area is 541 Å². The molecule has 0 atom stereocenters. The molecule has 0 amide bonds. The average molecular weight is 1240 g/mol. The fourth-order valence-electron chi connectivity index (χ4n) is 12.4. The number of rotatable bonds is 8. The highest BCUT2D eigenvalue weighted by Crippen LogP contribution is 2.44. The van der Waals surface area contributed by atoms with Gasteiger partial charge in [0, 0.05) is 67.3 Å². The third-order valence-corrected chi connectivity index (χ3v) is 19.4. The van der Waals surface area contributed by atoms with Gasteiger partial charge in [-0.2, -0.15) is 0 Å². The molecule has 12 aromatic carbocycles. The number of halogens is 1. The van der Waals surface area contributed by atoms with E-state index in [-0.39, 0.29) is 0 Å². The van der Waals surface area contributed by atoms with Crippen molar-refractivity contribution < 1.29 is 18.9 Å². The highest BCUT2D eigenvalue weighted by molar-refractivity contribution is 7.26. The van der Waals surface area contributed by atoms with E-state index in [0.29, 0.717) is 21.7 Å². The van der Waals surface area contributed by atoms with E-state index in [9.17, 15) is 0 Å². The summed E-state index contributed by atoms with van der Waals surface area (Å²) in [5.41, 5.74) is 20.1. The van der Waals surface area contributed by atoms with E-state index in [4.69, 9.17) is 40.5 Å². The topological polar surface area (TPSA) is 118 Å². The molecule has 12 heteroatoms. The summed E-state index contributed by atoms with van der Waals surface area (Å²) in [6.07, 6.45) is 3.24. The second kappa shape index (κ2) is 24.1. The Hall–Kier alpha value is -10.9. The molecule has 2 N–H and O–H groups in total. The Kier molecular flexibility index (Phi) is 14.8. The van der Waals surface area contributed by atoms with Gasteiger partial charge in [0.2, 0.25) is 0 Å². The van der Waals surface area contributed by atoms with E-state index in [2.05, 4.69) is 204 Å². The number of benzene rings is 12. The lowest BCUT2D eigenvalue weighted by atomic mass is 9.79. The summed E-state index contributed by atoms with van der Waals surface area (Å²) in [4.78, 5) is 18.5. The second-order valence-electron chi connectivity index (χ2n) is 22.4. The molecule has 0 unspecified atom stereocenters. The fraction of sp³-hybridized carbons (Fsp3) is 0. The summed E-state index contributed by atoms with van der Waals surface area (Å²) in [5.74, 6) is 0. The van der Waals surface area contributed by atoms with E-state index in [1.807, 2.05) is 95.5 Å². The molecule has 8 nitrogen and oxygen atoms in total. The molecule has 92 heavy (non-hydrogen) atoms. The molecular weight excluding hydrogens is 1190 g/mol. The van der Waals surface area contributed by atoms with Crippen LogP contribution in [0.2, 0.25) is 5.02 Å². The van der Waals surface area contributed by atoms with E-state index < -0.39 is 7.12 Å². The van der Waals surface area contributed by atoms with Crippen molar-refractivity contribution in [2.45, 2.75) is 0 Å². The zero-order valence-electron chi connectivity index (χ0n) is 49.0. The largest absolute Gasteiger partial charge is 0.488 e. The lowest BCUT2D eigenvalue weighted by molar-refractivity contribution is 0.426. The van der Waals surface area contributed by atoms with Crippen LogP contribution in [0, 0.1) is 0 Å². The molecular formula is C80H50BClN4O4S2. The second-order valence-corrected chi connectivity index (χ2v) is 24.9. The molecule has 0 aliphatic carbocycles. The molecule has 0 aliphatic rings. The van der Waals surface area contributed by atoms with E-state index in [1.54, 1.807) is 24.8 Å². The number of hydrogen-bond donors (Lipinski definition) is 2. The van der Waals surface area contributed by atoms with Gasteiger partial charge in [-0.25, -0.2) is 19.9 Å². The standard InChI is InChI=1S/C40H24N2OS.C28H15ClN2OS.C12H11BO2/c1-2-9-25(10-3-1)26-11-6-12-27(21-26)28-19-20-35-34(23-28)38-39(43-35)37(41-24-42-38)30-14-7-13-29(22-30)31-16-8-17-33-32-15-4-5-18-36(32)44-40(31)33;29-18-11-12-23-22(14-18)26-27(32-23)25(30-15-31-26)17-6-3-5-16(13-17)19-8-4-9-21-20-7-1-2-10-24(20)33-28(19)21;14-13(15)12-8-4-7-11(9-12)10-5-2-1-3-6-10/h1-24H;1-15H;1-9,14-15H. The van der Waals surface area contributed by atoms with Gasteiger partial charge in [0.05, 0.1) is 0 Å². The minimum absolute atomic E-state index is 0.511. The fourth-order valence-corrected chi connectivity index (χ4v) is 15.0. The average Bonchev–Trinajstić information content (AvgIpc) is 1.69. The van der Waals surface area contributed by atoms with Gasteiger partial charge >= 0.3 is 7.12 Å². The molecule has 0 bridgehead atoms. The Morgan fingerprint density at radius 3 is 1.26 bits per heavy atom. The Morgan fingerprint density at radius 2 is 0.717 bits per heavy atom. The van der Waals surface area contributed by atoms with Crippen LogP contribution in [0.15, 0.2) is 301 Å². The third-order valence-electron chi connectivity index (χ3n) is 16.8. The minimum atomic E-state index is -1.41. The first kappa shape index (κ1) is 56.4. The predicted octanol–water partition coefficient (Wildman–Crippen LogP) is 21.2. The Balaban J connectivity index is 0.000000123. The van der Waals surface area contributed by atoms with E-state index in [1.165, 1.54) is 62.6 Å². The van der Waals surface area contributed by atoms with Crippen LogP contribution in [0.3, 0.4) is 0 Å². The van der Waals surface area contributed by atoms with Gasteiger partial charge in [0.25, 0.3) is 0 Å². The predicted molar refractivity (Wildman–Crippen MR) is 384 cm³/mol. The lowest BCUT2D eigenvalue weighted by Crippen LogP contribution is -2.29. The van der Waals surface area contributed by atoms with Gasteiger partial charge in [-0.05, 0) is 122 Å². The molecule has 0 saturated heterocycles. The highest BCUT2D eigenvalue weighted by atomic mass is 35.5. The summed E-state index contributed by atoms with van der Waals surface area (Å²) in [6.45, 7) is 0. The van der Waals surface area contributed by atoms with Crippen molar-refractivity contribution in [3.8, 4) is 78.1 Å². The van der Waals surface area contributed by atoms with Crippen LogP contribution in [0.25, 0.3) is 163 Å². The van der Waals surface area contributed by atoms with E-state index in [0.717, 1.165) is 88.9 Å². The van der Waals surface area contributed by atoms with E-state index >= 15 is 0 Å². The zero-order valence-corrected chi connectivity index (χ0v) is 51.4. The van der Waals surface area contributed by atoms with Gasteiger partial charge in [-0.1, -0.05) is 230 Å². The monoisotopic (exact) mass is 1240 g/mol. The van der Waals surface area contributed by atoms with Crippen LogP contribution >= 0.6 is 34.3 Å². The number of aromatic nitrogens is 4. The molecule has 0 fully saturated rings. The maximum Gasteiger partial charge on any atom is 0.488 e. The van der Waals surface area contributed by atoms with Crippen LogP contribution in [0.1, 0.15) is 0 Å². The van der Waals surface area contributed by atoms with Gasteiger partial charge in [-0.3, -0.25) is 0 Å². The van der Waals surface area contributed by atoms with Crippen molar-refractivity contribution in [2.24, 2.45) is 0 Å². The Bertz CT molecular complexity index is 5810. The minimum Gasteiger partial charge on any atom is -0.452 e. The summed E-state index contributed by atoms with van der Waals surface area (Å²) in [6, 6.07) is 95.5. The molecule has 0 aliphatic heterocycles. The van der Waals surface area contributed by atoms with Crippen LogP contribution < -0.4 is 5.46 Å². The zero-order chi connectivity index (χ0) is 61.7. The molecule has 6 heterocycles. The number of fused-ring (bicyclic) bond motifs is 12. The molecule has 0 saturated carbocycles. The van der Waals surface area contributed by atoms with Crippen molar-refractivity contribution >= 4 is 131 Å². The molecule has 0 radical (unpaired) electrons. The number of thiophene rings is 2. The molecule has 436 valence electrons. The summed E-state index contributed by atoms with van der Waals surface area (Å²) < 4.78 is 17.8. The smallest absolute Gasteiger partial charge is 0.452 e. The first-order valence-electron chi connectivity index (χ1n) is 30.0. The molecule has 18 rings (SSSR count). The highest BCUT2D eigenvalue weighted by Gasteiger charge is 2.20. The van der Waals surface area contributed by atoms with Gasteiger partial charge < -0.3 is 18.9 Å². The first-order valence-corrected chi connectivity index (χ1v) is 32.0. The number of furan rings is 2. The summed E-state index contributed by atoms with van der Waals surface area (Å²) in [7, 11) is -1.41. The van der Waals surface area contributed by atoms with Gasteiger partial charge in [-0.15, -0.1) is 22.7 Å². The molecule has 6 aromatic heterocycles.